The number of ether oxygens (including phenoxy) is 1. The predicted octanol–water partition coefficient (Wildman–Crippen LogP) is 1.14. The average molecular weight is 240 g/mol. The van der Waals surface area contributed by atoms with Crippen LogP contribution >= 0.6 is 0 Å². The summed E-state index contributed by atoms with van der Waals surface area (Å²) in [5, 5.41) is 0. The first-order valence-electron chi connectivity index (χ1n) is 6.82. The molecule has 0 radical (unpaired) electrons. The van der Waals surface area contributed by atoms with Crippen LogP contribution in [-0.4, -0.2) is 43.2 Å². The van der Waals surface area contributed by atoms with Crippen LogP contribution in [0.2, 0.25) is 0 Å². The summed E-state index contributed by atoms with van der Waals surface area (Å²) in [6.07, 6.45) is 4.92. The van der Waals surface area contributed by atoms with Crippen molar-refractivity contribution in [3.05, 3.63) is 0 Å². The summed E-state index contributed by atoms with van der Waals surface area (Å²) in [6, 6.07) is 0.439. The van der Waals surface area contributed by atoms with Gasteiger partial charge in [-0.1, -0.05) is 6.92 Å². The molecule has 2 aliphatic rings. The van der Waals surface area contributed by atoms with Gasteiger partial charge in [0.05, 0.1) is 5.41 Å². The van der Waals surface area contributed by atoms with Gasteiger partial charge in [0, 0.05) is 32.3 Å². The summed E-state index contributed by atoms with van der Waals surface area (Å²) in [5.41, 5.74) is 5.55. The number of likely N-dealkylation sites (tertiary alicyclic amines) is 1. The molecule has 0 aromatic heterocycles. The third-order valence-corrected chi connectivity index (χ3v) is 4.40. The van der Waals surface area contributed by atoms with E-state index < -0.39 is 0 Å². The highest BCUT2D eigenvalue weighted by Crippen LogP contribution is 2.34. The molecular formula is C13H24N2O2. The van der Waals surface area contributed by atoms with E-state index in [0.717, 1.165) is 38.6 Å². The lowest BCUT2D eigenvalue weighted by molar-refractivity contribution is -0.148. The summed E-state index contributed by atoms with van der Waals surface area (Å²) in [7, 11) is 0. The minimum absolute atomic E-state index is 0.285. The normalized spacial score (nSPS) is 28.4. The Morgan fingerprint density at radius 1 is 1.47 bits per heavy atom. The molecule has 1 atom stereocenters. The van der Waals surface area contributed by atoms with Crippen molar-refractivity contribution in [1.82, 2.24) is 4.90 Å². The van der Waals surface area contributed by atoms with Gasteiger partial charge in [-0.15, -0.1) is 0 Å². The molecule has 0 aromatic carbocycles. The molecule has 0 aliphatic carbocycles. The van der Waals surface area contributed by atoms with E-state index >= 15 is 0 Å². The Kier molecular flexibility index (Phi) is 4.05. The monoisotopic (exact) mass is 240 g/mol. The molecule has 0 saturated carbocycles. The molecule has 1 amide bonds. The molecule has 1 unspecified atom stereocenters. The van der Waals surface area contributed by atoms with Crippen molar-refractivity contribution in [2.75, 3.05) is 26.3 Å². The van der Waals surface area contributed by atoms with E-state index in [9.17, 15) is 4.79 Å². The SMILES string of the molecule is CCC1CCCN1C(=O)C1(CN)CCOCC1. The van der Waals surface area contributed by atoms with Crippen molar-refractivity contribution in [2.24, 2.45) is 11.1 Å². The quantitative estimate of drug-likeness (QED) is 0.805. The summed E-state index contributed by atoms with van der Waals surface area (Å²) in [4.78, 5) is 14.8. The van der Waals surface area contributed by atoms with Crippen molar-refractivity contribution in [3.63, 3.8) is 0 Å². The molecule has 0 bridgehead atoms. The fourth-order valence-electron chi connectivity index (χ4n) is 3.10. The zero-order valence-corrected chi connectivity index (χ0v) is 10.8. The number of carbonyl (C=O) groups is 1. The van der Waals surface area contributed by atoms with Gasteiger partial charge < -0.3 is 15.4 Å². The first-order valence-corrected chi connectivity index (χ1v) is 6.82. The van der Waals surface area contributed by atoms with Crippen LogP contribution < -0.4 is 5.73 Å². The average Bonchev–Trinajstić information content (AvgIpc) is 2.86. The van der Waals surface area contributed by atoms with Gasteiger partial charge in [-0.3, -0.25) is 4.79 Å². The second kappa shape index (κ2) is 5.36. The van der Waals surface area contributed by atoms with E-state index in [4.69, 9.17) is 10.5 Å². The third kappa shape index (κ3) is 2.33. The smallest absolute Gasteiger partial charge is 0.230 e. The van der Waals surface area contributed by atoms with Gasteiger partial charge in [0.15, 0.2) is 0 Å². The molecule has 0 aromatic rings. The molecule has 2 saturated heterocycles. The lowest BCUT2D eigenvalue weighted by atomic mass is 9.78. The zero-order valence-electron chi connectivity index (χ0n) is 10.8. The fourth-order valence-corrected chi connectivity index (χ4v) is 3.10. The van der Waals surface area contributed by atoms with E-state index in [1.54, 1.807) is 0 Å². The highest BCUT2D eigenvalue weighted by atomic mass is 16.5. The fraction of sp³-hybridized carbons (Fsp3) is 0.923. The summed E-state index contributed by atoms with van der Waals surface area (Å²) >= 11 is 0. The first-order chi connectivity index (χ1) is 8.23. The summed E-state index contributed by atoms with van der Waals surface area (Å²) in [5.74, 6) is 0.285. The molecule has 2 fully saturated rings. The Labute approximate surface area is 103 Å². The van der Waals surface area contributed by atoms with E-state index in [2.05, 4.69) is 11.8 Å². The molecule has 98 valence electrons. The molecule has 2 aliphatic heterocycles. The Hall–Kier alpha value is -0.610. The molecular weight excluding hydrogens is 216 g/mol. The van der Waals surface area contributed by atoms with Gasteiger partial charge in [0.1, 0.15) is 0 Å². The number of amides is 1. The van der Waals surface area contributed by atoms with Gasteiger partial charge in [0.2, 0.25) is 5.91 Å². The van der Waals surface area contributed by atoms with Crippen molar-refractivity contribution in [1.29, 1.82) is 0 Å². The van der Waals surface area contributed by atoms with Crippen LogP contribution in [0.1, 0.15) is 39.0 Å². The molecule has 4 heteroatoms. The van der Waals surface area contributed by atoms with Gasteiger partial charge >= 0.3 is 0 Å². The highest BCUT2D eigenvalue weighted by molar-refractivity contribution is 5.83. The lowest BCUT2D eigenvalue weighted by Gasteiger charge is -2.39. The Balaban J connectivity index is 2.10. The van der Waals surface area contributed by atoms with Crippen LogP contribution in [0.25, 0.3) is 0 Å². The van der Waals surface area contributed by atoms with Gasteiger partial charge in [-0.25, -0.2) is 0 Å². The minimum Gasteiger partial charge on any atom is -0.381 e. The van der Waals surface area contributed by atoms with Crippen LogP contribution in [0.3, 0.4) is 0 Å². The van der Waals surface area contributed by atoms with Crippen molar-refractivity contribution in [2.45, 2.75) is 45.1 Å². The maximum absolute atomic E-state index is 12.7. The van der Waals surface area contributed by atoms with E-state index in [1.807, 2.05) is 0 Å². The number of rotatable bonds is 3. The maximum atomic E-state index is 12.7. The molecule has 4 nitrogen and oxygen atoms in total. The molecule has 17 heavy (non-hydrogen) atoms. The summed E-state index contributed by atoms with van der Waals surface area (Å²) in [6.45, 7) is 4.89. The number of carbonyl (C=O) groups excluding carboxylic acids is 1. The van der Waals surface area contributed by atoms with Gasteiger partial charge in [0.25, 0.3) is 0 Å². The summed E-state index contributed by atoms with van der Waals surface area (Å²) < 4.78 is 5.37. The minimum atomic E-state index is -0.337. The number of hydrogen-bond acceptors (Lipinski definition) is 3. The standard InChI is InChI=1S/C13H24N2O2/c1-2-11-4-3-7-15(11)12(16)13(10-14)5-8-17-9-6-13/h11H,2-10,14H2,1H3. The Bertz CT molecular complexity index is 275. The second-order valence-electron chi connectivity index (χ2n) is 5.30. The lowest BCUT2D eigenvalue weighted by Crippen LogP contribution is -2.52. The Morgan fingerprint density at radius 2 is 2.18 bits per heavy atom. The third-order valence-electron chi connectivity index (χ3n) is 4.40. The topological polar surface area (TPSA) is 55.6 Å². The van der Waals surface area contributed by atoms with Crippen LogP contribution in [-0.2, 0) is 9.53 Å². The number of nitrogens with two attached hydrogens (primary N) is 1. The van der Waals surface area contributed by atoms with Crippen molar-refractivity contribution >= 4 is 5.91 Å². The van der Waals surface area contributed by atoms with Crippen LogP contribution in [0, 0.1) is 5.41 Å². The molecule has 2 N–H and O–H groups in total. The van der Waals surface area contributed by atoms with Crippen molar-refractivity contribution < 1.29 is 9.53 Å². The predicted molar refractivity (Wildman–Crippen MR) is 66.6 cm³/mol. The van der Waals surface area contributed by atoms with Gasteiger partial charge in [-0.2, -0.15) is 0 Å². The van der Waals surface area contributed by atoms with Gasteiger partial charge in [-0.05, 0) is 32.1 Å². The van der Waals surface area contributed by atoms with Crippen LogP contribution in [0.15, 0.2) is 0 Å². The van der Waals surface area contributed by atoms with Crippen LogP contribution in [0.5, 0.6) is 0 Å². The van der Waals surface area contributed by atoms with E-state index in [0.29, 0.717) is 25.8 Å². The first kappa shape index (κ1) is 12.8. The largest absolute Gasteiger partial charge is 0.381 e. The van der Waals surface area contributed by atoms with Crippen molar-refractivity contribution in [3.8, 4) is 0 Å². The molecule has 0 spiro atoms. The zero-order chi connectivity index (χ0) is 12.3. The van der Waals surface area contributed by atoms with Crippen LogP contribution in [0.4, 0.5) is 0 Å². The number of nitrogens with zero attached hydrogens (tertiary/aromatic N) is 1. The molecule has 2 heterocycles. The maximum Gasteiger partial charge on any atom is 0.230 e. The second-order valence-corrected chi connectivity index (χ2v) is 5.30. The van der Waals surface area contributed by atoms with E-state index in [-0.39, 0.29) is 11.3 Å². The highest BCUT2D eigenvalue weighted by Gasteiger charge is 2.43. The number of hydrogen-bond donors (Lipinski definition) is 1. The van der Waals surface area contributed by atoms with E-state index in [1.165, 1.54) is 0 Å². The molecule has 2 rings (SSSR count). The Morgan fingerprint density at radius 3 is 2.76 bits per heavy atom.